The predicted octanol–water partition coefficient (Wildman–Crippen LogP) is -5.42. The van der Waals surface area contributed by atoms with Gasteiger partial charge in [0.2, 0.25) is 0 Å². The minimum Gasteiger partial charge on any atom is -1.00 e. The van der Waals surface area contributed by atoms with Gasteiger partial charge in [0.1, 0.15) is 0 Å². The molecule has 15 heavy (non-hydrogen) atoms. The fourth-order valence-electron chi connectivity index (χ4n) is 0.737. The van der Waals surface area contributed by atoms with Gasteiger partial charge in [-0.05, 0) is 24.3 Å². The van der Waals surface area contributed by atoms with Crippen LogP contribution in [0, 0.1) is 0 Å². The van der Waals surface area contributed by atoms with Crippen LogP contribution in [0.1, 0.15) is 0 Å². The molecule has 0 aliphatic heterocycles. The fourth-order valence-corrected chi connectivity index (χ4v) is 1.25. The second kappa shape index (κ2) is 8.01. The summed E-state index contributed by atoms with van der Waals surface area (Å²) < 4.78 is 28.2. The zero-order valence-electron chi connectivity index (χ0n) is 8.40. The van der Waals surface area contributed by atoms with Crippen molar-refractivity contribution in [3.8, 4) is 0 Å². The number of nitrogens with two attached hydrogens (primary N) is 1. The monoisotopic (exact) mass is 320 g/mol. The molecule has 0 aliphatic carbocycles. The van der Waals surface area contributed by atoms with E-state index in [9.17, 15) is 8.42 Å². The summed E-state index contributed by atoms with van der Waals surface area (Å²) in [6, 6.07) is 6.28. The largest absolute Gasteiger partial charge is 1.00 e. The van der Waals surface area contributed by atoms with Crippen molar-refractivity contribution in [2.24, 2.45) is 0 Å². The van der Waals surface area contributed by atoms with Crippen LogP contribution in [0.25, 0.3) is 0 Å². The van der Waals surface area contributed by atoms with Crippen LogP contribution in [0.2, 0.25) is 0 Å². The van der Waals surface area contributed by atoms with E-state index >= 15 is 0 Å². The average molecular weight is 321 g/mol. The summed E-state index contributed by atoms with van der Waals surface area (Å²) in [7, 11) is -2.59. The molecule has 0 saturated carbocycles. The average Bonchev–Trinajstić information content (AvgIpc) is 2.09. The number of nitrogen functional groups attached to an aromatic ring is 1. The van der Waals surface area contributed by atoms with Crippen LogP contribution in [0.4, 0.5) is 11.4 Å². The molecule has 5 nitrogen and oxygen atoms in total. The summed E-state index contributed by atoms with van der Waals surface area (Å²) in [4.78, 5) is 0. The van der Waals surface area contributed by atoms with E-state index in [0.29, 0.717) is 11.4 Å². The van der Waals surface area contributed by atoms with E-state index in [1.165, 1.54) is 0 Å². The molecule has 0 saturated heterocycles. The van der Waals surface area contributed by atoms with Crippen LogP contribution in [0.3, 0.4) is 0 Å². The van der Waals surface area contributed by atoms with E-state index in [2.05, 4.69) is 8.91 Å². The van der Waals surface area contributed by atoms with Crippen LogP contribution in [0.5, 0.6) is 0 Å². The van der Waals surface area contributed by atoms with E-state index < -0.39 is 10.3 Å². The normalized spacial score (nSPS) is 9.67. The molecule has 1 aromatic carbocycles. The van der Waals surface area contributed by atoms with Crippen molar-refractivity contribution >= 4 is 21.7 Å². The molecule has 0 unspecified atom stereocenters. The molecule has 0 aromatic heterocycles. The standard InChI is InChI=1S/C7H10N2O3S.BrH.K/c1-12-13(10,11)9-7-4-2-6(8)3-5-7;;/h2-5,9H,8H2,1H3;1H;/q;;+1/p-1. The molecular formula is C7H10BrKN2O3S. The first-order chi connectivity index (χ1) is 6.03. The third-order valence-electron chi connectivity index (χ3n) is 1.37. The maximum atomic E-state index is 10.9. The number of hydrogen-bond acceptors (Lipinski definition) is 4. The minimum absolute atomic E-state index is 0. The SMILES string of the molecule is COS(=O)(=O)Nc1ccc(N)cc1.[Br-].[K+]. The Morgan fingerprint density at radius 1 is 1.27 bits per heavy atom. The molecular weight excluding hydrogens is 311 g/mol. The Morgan fingerprint density at radius 3 is 2.13 bits per heavy atom. The first-order valence-corrected chi connectivity index (χ1v) is 4.88. The first-order valence-electron chi connectivity index (χ1n) is 3.47. The van der Waals surface area contributed by atoms with Gasteiger partial charge in [0.05, 0.1) is 12.8 Å². The number of benzene rings is 1. The Bertz CT molecular complexity index is 382. The Morgan fingerprint density at radius 2 is 1.73 bits per heavy atom. The Labute approximate surface area is 142 Å². The maximum Gasteiger partial charge on any atom is 1.00 e. The smallest absolute Gasteiger partial charge is 1.00 e. The zero-order chi connectivity index (χ0) is 9.90. The molecule has 0 bridgehead atoms. The summed E-state index contributed by atoms with van der Waals surface area (Å²) >= 11 is 0. The van der Waals surface area contributed by atoms with Gasteiger partial charge >= 0.3 is 61.7 Å². The van der Waals surface area contributed by atoms with Gasteiger partial charge in [-0.25, -0.2) is 0 Å². The molecule has 0 spiro atoms. The van der Waals surface area contributed by atoms with Crippen molar-refractivity contribution in [2.45, 2.75) is 0 Å². The molecule has 8 heteroatoms. The van der Waals surface area contributed by atoms with Gasteiger partial charge in [-0.15, -0.1) is 0 Å². The van der Waals surface area contributed by atoms with Gasteiger partial charge in [0, 0.05) is 5.69 Å². The Hall–Kier alpha value is 0.846. The number of rotatable bonds is 3. The summed E-state index contributed by atoms with van der Waals surface area (Å²) in [6.07, 6.45) is 0. The second-order valence-corrected chi connectivity index (χ2v) is 3.79. The number of halogens is 1. The molecule has 0 atom stereocenters. The van der Waals surface area contributed by atoms with Crippen LogP contribution in [-0.2, 0) is 14.5 Å². The van der Waals surface area contributed by atoms with Gasteiger partial charge in [0.25, 0.3) is 0 Å². The summed E-state index contributed by atoms with van der Waals surface area (Å²) in [6.45, 7) is 0. The van der Waals surface area contributed by atoms with Crippen molar-refractivity contribution in [1.82, 2.24) is 0 Å². The minimum atomic E-state index is -3.68. The topological polar surface area (TPSA) is 81.4 Å². The van der Waals surface area contributed by atoms with Crippen molar-refractivity contribution in [2.75, 3.05) is 17.6 Å². The summed E-state index contributed by atoms with van der Waals surface area (Å²) in [5, 5.41) is 0. The Balaban J connectivity index is 0. The van der Waals surface area contributed by atoms with Crippen LogP contribution >= 0.6 is 0 Å². The maximum absolute atomic E-state index is 10.9. The van der Waals surface area contributed by atoms with Crippen molar-refractivity contribution < 1.29 is 81.0 Å². The third kappa shape index (κ3) is 6.90. The quantitative estimate of drug-likeness (QED) is 0.430. The molecule has 80 valence electrons. The van der Waals surface area contributed by atoms with E-state index in [0.717, 1.165) is 7.11 Å². The van der Waals surface area contributed by atoms with E-state index in [1.807, 2.05) is 0 Å². The molecule has 0 heterocycles. The molecule has 0 radical (unpaired) electrons. The van der Waals surface area contributed by atoms with Gasteiger partial charge < -0.3 is 22.7 Å². The van der Waals surface area contributed by atoms with E-state index in [4.69, 9.17) is 5.73 Å². The molecule has 1 rings (SSSR count). The summed E-state index contributed by atoms with van der Waals surface area (Å²) in [5.74, 6) is 0. The molecule has 1 aromatic rings. The summed E-state index contributed by atoms with van der Waals surface area (Å²) in [5.41, 5.74) is 6.40. The van der Waals surface area contributed by atoms with Crippen molar-refractivity contribution in [3.05, 3.63) is 24.3 Å². The van der Waals surface area contributed by atoms with E-state index in [1.54, 1.807) is 24.3 Å². The molecule has 0 fully saturated rings. The van der Waals surface area contributed by atoms with E-state index in [-0.39, 0.29) is 68.4 Å². The first kappa shape index (κ1) is 18.2. The predicted molar refractivity (Wildman–Crippen MR) is 50.4 cm³/mol. The van der Waals surface area contributed by atoms with Crippen LogP contribution in [-0.4, -0.2) is 15.5 Å². The van der Waals surface area contributed by atoms with Gasteiger partial charge in [-0.2, -0.15) is 8.42 Å². The number of anilines is 2. The number of nitrogens with one attached hydrogen (secondary N) is 1. The zero-order valence-corrected chi connectivity index (χ0v) is 13.9. The molecule has 0 amide bonds. The second-order valence-electron chi connectivity index (χ2n) is 2.34. The molecule has 0 aliphatic rings. The number of hydrogen-bond donors (Lipinski definition) is 2. The third-order valence-corrected chi connectivity index (χ3v) is 2.30. The van der Waals surface area contributed by atoms with Gasteiger partial charge in [-0.3, -0.25) is 8.91 Å². The van der Waals surface area contributed by atoms with Gasteiger partial charge in [0.15, 0.2) is 0 Å². The Kier molecular flexibility index (Phi) is 9.73. The molecule has 3 N–H and O–H groups in total. The van der Waals surface area contributed by atoms with Gasteiger partial charge in [-0.1, -0.05) is 0 Å². The van der Waals surface area contributed by atoms with Crippen molar-refractivity contribution in [1.29, 1.82) is 0 Å². The van der Waals surface area contributed by atoms with Crippen LogP contribution < -0.4 is 78.8 Å². The fraction of sp³-hybridized carbons (Fsp3) is 0.143. The van der Waals surface area contributed by atoms with Crippen LogP contribution in [0.15, 0.2) is 24.3 Å². The van der Waals surface area contributed by atoms with Crippen molar-refractivity contribution in [3.63, 3.8) is 0 Å².